The van der Waals surface area contributed by atoms with Crippen molar-refractivity contribution in [3.05, 3.63) is 72.9 Å². The number of hydrogen-bond acceptors (Lipinski definition) is 3. The standard InChI is InChI=1S/C21H25NO2/c1-3-5-7-12-21(23)24-20-15-13-18(14-16-20)17-22(4-2)19-10-8-6-9-11-19/h4,6,8-11,13-16H,2-3,5,7,12,17H2,1H3. The van der Waals surface area contributed by atoms with Crippen LogP contribution in [0, 0.1) is 0 Å². The number of unbranched alkanes of at least 4 members (excludes halogenated alkanes) is 2. The average Bonchev–Trinajstić information content (AvgIpc) is 2.62. The van der Waals surface area contributed by atoms with Gasteiger partial charge in [-0.3, -0.25) is 4.79 Å². The van der Waals surface area contributed by atoms with Gasteiger partial charge < -0.3 is 9.64 Å². The molecule has 0 aliphatic heterocycles. The van der Waals surface area contributed by atoms with Crippen LogP contribution in [-0.2, 0) is 11.3 Å². The highest BCUT2D eigenvalue weighted by molar-refractivity contribution is 5.72. The summed E-state index contributed by atoms with van der Waals surface area (Å²) in [5.41, 5.74) is 2.23. The summed E-state index contributed by atoms with van der Waals surface area (Å²) in [7, 11) is 0. The van der Waals surface area contributed by atoms with Crippen LogP contribution in [0.1, 0.15) is 38.2 Å². The number of esters is 1. The molecule has 0 bridgehead atoms. The van der Waals surface area contributed by atoms with Gasteiger partial charge in [-0.2, -0.15) is 0 Å². The summed E-state index contributed by atoms with van der Waals surface area (Å²) in [4.78, 5) is 13.8. The molecule has 0 saturated heterocycles. The minimum atomic E-state index is -0.159. The molecule has 0 spiro atoms. The highest BCUT2D eigenvalue weighted by atomic mass is 16.5. The van der Waals surface area contributed by atoms with Gasteiger partial charge in [0.1, 0.15) is 5.75 Å². The SMILES string of the molecule is C=CN(Cc1ccc(OC(=O)CCCCC)cc1)c1ccccc1. The molecule has 0 aromatic heterocycles. The van der Waals surface area contributed by atoms with E-state index in [1.807, 2.05) is 60.8 Å². The third-order valence-electron chi connectivity index (χ3n) is 3.80. The molecule has 2 rings (SSSR count). The first-order valence-corrected chi connectivity index (χ1v) is 8.46. The van der Waals surface area contributed by atoms with E-state index in [1.165, 1.54) is 0 Å². The van der Waals surface area contributed by atoms with E-state index in [1.54, 1.807) is 0 Å². The zero-order chi connectivity index (χ0) is 17.2. The van der Waals surface area contributed by atoms with E-state index in [-0.39, 0.29) is 5.97 Å². The fourth-order valence-electron chi connectivity index (χ4n) is 2.44. The lowest BCUT2D eigenvalue weighted by molar-refractivity contribution is -0.134. The summed E-state index contributed by atoms with van der Waals surface area (Å²) in [5.74, 6) is 0.443. The van der Waals surface area contributed by atoms with Crippen molar-refractivity contribution >= 4 is 11.7 Å². The number of anilines is 1. The normalized spacial score (nSPS) is 10.2. The maximum absolute atomic E-state index is 11.7. The Morgan fingerprint density at radius 1 is 1.08 bits per heavy atom. The highest BCUT2D eigenvalue weighted by Crippen LogP contribution is 2.19. The van der Waals surface area contributed by atoms with E-state index < -0.39 is 0 Å². The first-order chi connectivity index (χ1) is 11.7. The number of para-hydroxylation sites is 1. The van der Waals surface area contributed by atoms with Crippen LogP contribution in [-0.4, -0.2) is 5.97 Å². The van der Waals surface area contributed by atoms with Crippen molar-refractivity contribution in [3.8, 4) is 5.75 Å². The van der Waals surface area contributed by atoms with Crippen molar-refractivity contribution in [2.75, 3.05) is 4.90 Å². The molecule has 2 aromatic carbocycles. The fraction of sp³-hybridized carbons (Fsp3) is 0.286. The summed E-state index contributed by atoms with van der Waals surface area (Å²) >= 11 is 0. The van der Waals surface area contributed by atoms with Crippen molar-refractivity contribution in [2.24, 2.45) is 0 Å². The Labute approximate surface area is 144 Å². The molecule has 0 radical (unpaired) electrons. The Bertz CT molecular complexity index is 635. The van der Waals surface area contributed by atoms with E-state index >= 15 is 0 Å². The maximum atomic E-state index is 11.7. The van der Waals surface area contributed by atoms with Gasteiger partial charge in [0.2, 0.25) is 0 Å². The topological polar surface area (TPSA) is 29.5 Å². The van der Waals surface area contributed by atoms with Crippen molar-refractivity contribution in [1.29, 1.82) is 0 Å². The minimum absolute atomic E-state index is 0.159. The van der Waals surface area contributed by atoms with Crippen molar-refractivity contribution in [1.82, 2.24) is 0 Å². The van der Waals surface area contributed by atoms with Gasteiger partial charge in [0, 0.05) is 18.7 Å². The Balaban J connectivity index is 1.91. The van der Waals surface area contributed by atoms with Gasteiger partial charge in [0.15, 0.2) is 0 Å². The van der Waals surface area contributed by atoms with Crippen LogP contribution >= 0.6 is 0 Å². The molecule has 0 aliphatic rings. The van der Waals surface area contributed by atoms with Crippen LogP contribution < -0.4 is 9.64 Å². The molecule has 0 heterocycles. The summed E-state index contributed by atoms with van der Waals surface area (Å²) in [6.07, 6.45) is 5.34. The largest absolute Gasteiger partial charge is 0.427 e. The van der Waals surface area contributed by atoms with E-state index in [9.17, 15) is 4.79 Å². The fourth-order valence-corrected chi connectivity index (χ4v) is 2.44. The Hall–Kier alpha value is -2.55. The Morgan fingerprint density at radius 2 is 1.79 bits per heavy atom. The molecular formula is C21H25NO2. The van der Waals surface area contributed by atoms with Crippen LogP contribution in [0.5, 0.6) is 5.75 Å². The quantitative estimate of drug-likeness (QED) is 0.355. The third-order valence-corrected chi connectivity index (χ3v) is 3.80. The van der Waals surface area contributed by atoms with Crippen molar-refractivity contribution in [2.45, 2.75) is 39.2 Å². The molecule has 3 heteroatoms. The van der Waals surface area contributed by atoms with Crippen LogP contribution in [0.15, 0.2) is 67.4 Å². The molecule has 0 amide bonds. The van der Waals surface area contributed by atoms with E-state index in [4.69, 9.17) is 4.74 Å². The number of benzene rings is 2. The van der Waals surface area contributed by atoms with Crippen LogP contribution in [0.3, 0.4) is 0 Å². The average molecular weight is 323 g/mol. The summed E-state index contributed by atoms with van der Waals surface area (Å²) in [6.45, 7) is 6.72. The van der Waals surface area contributed by atoms with Gasteiger partial charge in [-0.15, -0.1) is 0 Å². The van der Waals surface area contributed by atoms with Gasteiger partial charge >= 0.3 is 5.97 Å². The number of hydrogen-bond donors (Lipinski definition) is 0. The minimum Gasteiger partial charge on any atom is -0.427 e. The van der Waals surface area contributed by atoms with Crippen LogP contribution in [0.25, 0.3) is 0 Å². The second kappa shape index (κ2) is 9.56. The molecule has 0 atom stereocenters. The monoisotopic (exact) mass is 323 g/mol. The molecule has 126 valence electrons. The molecule has 3 nitrogen and oxygen atoms in total. The highest BCUT2D eigenvalue weighted by Gasteiger charge is 2.06. The van der Waals surface area contributed by atoms with Gasteiger partial charge in [-0.25, -0.2) is 0 Å². The predicted octanol–water partition coefficient (Wildman–Crippen LogP) is 5.32. The van der Waals surface area contributed by atoms with E-state index in [2.05, 4.69) is 18.4 Å². The van der Waals surface area contributed by atoms with Gasteiger partial charge in [0.05, 0.1) is 0 Å². The number of rotatable bonds is 9. The maximum Gasteiger partial charge on any atom is 0.311 e. The number of ether oxygens (including phenoxy) is 1. The zero-order valence-corrected chi connectivity index (χ0v) is 14.3. The molecule has 0 saturated carbocycles. The molecule has 0 N–H and O–H groups in total. The molecule has 0 aliphatic carbocycles. The summed E-state index contributed by atoms with van der Waals surface area (Å²) in [6, 6.07) is 17.8. The molecule has 0 unspecified atom stereocenters. The Kier molecular flexibility index (Phi) is 7.09. The number of nitrogens with zero attached hydrogens (tertiary/aromatic N) is 1. The van der Waals surface area contributed by atoms with Crippen molar-refractivity contribution in [3.63, 3.8) is 0 Å². The second-order valence-electron chi connectivity index (χ2n) is 5.72. The lowest BCUT2D eigenvalue weighted by atomic mass is 10.2. The Morgan fingerprint density at radius 3 is 2.42 bits per heavy atom. The second-order valence-corrected chi connectivity index (χ2v) is 5.72. The van der Waals surface area contributed by atoms with E-state index in [0.717, 1.165) is 37.1 Å². The lowest BCUT2D eigenvalue weighted by Gasteiger charge is -2.20. The van der Waals surface area contributed by atoms with Gasteiger partial charge in [0.25, 0.3) is 0 Å². The molecular weight excluding hydrogens is 298 g/mol. The first-order valence-electron chi connectivity index (χ1n) is 8.46. The summed E-state index contributed by atoms with van der Waals surface area (Å²) < 4.78 is 5.36. The molecule has 0 fully saturated rings. The van der Waals surface area contributed by atoms with Crippen LogP contribution in [0.4, 0.5) is 5.69 Å². The zero-order valence-electron chi connectivity index (χ0n) is 14.3. The first kappa shape index (κ1) is 17.8. The number of carbonyl (C=O) groups excluding carboxylic acids is 1. The molecule has 2 aromatic rings. The van der Waals surface area contributed by atoms with Crippen LogP contribution in [0.2, 0.25) is 0 Å². The van der Waals surface area contributed by atoms with Crippen molar-refractivity contribution < 1.29 is 9.53 Å². The number of carbonyl (C=O) groups is 1. The predicted molar refractivity (Wildman–Crippen MR) is 99.0 cm³/mol. The summed E-state index contributed by atoms with van der Waals surface area (Å²) in [5, 5.41) is 0. The van der Waals surface area contributed by atoms with E-state index in [0.29, 0.717) is 12.2 Å². The van der Waals surface area contributed by atoms with Gasteiger partial charge in [-0.1, -0.05) is 56.7 Å². The molecule has 24 heavy (non-hydrogen) atoms. The lowest BCUT2D eigenvalue weighted by Crippen LogP contribution is -2.14. The third kappa shape index (κ3) is 5.58. The smallest absolute Gasteiger partial charge is 0.311 e. The van der Waals surface area contributed by atoms with Gasteiger partial charge in [-0.05, 0) is 42.4 Å².